The second-order valence-corrected chi connectivity index (χ2v) is 7.10. The average molecular weight is 354 g/mol. The van der Waals surface area contributed by atoms with Crippen LogP contribution >= 0.6 is 0 Å². The summed E-state index contributed by atoms with van der Waals surface area (Å²) in [6.07, 6.45) is 7.67. The van der Waals surface area contributed by atoms with E-state index in [1.807, 2.05) is 24.3 Å². The summed E-state index contributed by atoms with van der Waals surface area (Å²) in [6.45, 7) is 2.26. The molecule has 0 saturated carbocycles. The summed E-state index contributed by atoms with van der Waals surface area (Å²) < 4.78 is 0. The first kappa shape index (κ1) is 18.9. The van der Waals surface area contributed by atoms with Crippen molar-refractivity contribution in [3.8, 4) is 28.3 Å². The molecule has 136 valence electrons. The summed E-state index contributed by atoms with van der Waals surface area (Å²) in [5.41, 5.74) is 6.99. The molecule has 0 aliphatic rings. The number of rotatable bonds is 8. The Kier molecular flexibility index (Phi) is 6.83. The van der Waals surface area contributed by atoms with Crippen LogP contribution in [0.2, 0.25) is 0 Å². The summed E-state index contributed by atoms with van der Waals surface area (Å²) in [5, 5.41) is 9.05. The molecule has 0 atom stereocenters. The molecule has 1 heteroatoms. The molecule has 0 aliphatic heterocycles. The Morgan fingerprint density at radius 1 is 0.704 bits per heavy atom. The molecule has 3 aromatic carbocycles. The molecule has 3 aromatic rings. The number of benzene rings is 3. The molecule has 0 aromatic heterocycles. The van der Waals surface area contributed by atoms with Gasteiger partial charge in [-0.3, -0.25) is 0 Å². The second-order valence-electron chi connectivity index (χ2n) is 7.10. The lowest BCUT2D eigenvalue weighted by molar-refractivity contribution is 0.632. The predicted molar refractivity (Wildman–Crippen MR) is 114 cm³/mol. The summed E-state index contributed by atoms with van der Waals surface area (Å²) in [6, 6.07) is 27.5. The molecule has 0 aliphatic carbocycles. The molecule has 27 heavy (non-hydrogen) atoms. The third kappa shape index (κ3) is 5.08. The van der Waals surface area contributed by atoms with Crippen LogP contribution in [0.15, 0.2) is 72.8 Å². The SMILES string of the molecule is CCCCCCCc1ccc(-c2ccc(C#N)cc2)c(-c2ccccc2)c1. The van der Waals surface area contributed by atoms with Gasteiger partial charge in [-0.25, -0.2) is 0 Å². The predicted octanol–water partition coefficient (Wildman–Crippen LogP) is 7.41. The van der Waals surface area contributed by atoms with Crippen molar-refractivity contribution in [2.75, 3.05) is 0 Å². The van der Waals surface area contributed by atoms with Gasteiger partial charge in [0.25, 0.3) is 0 Å². The van der Waals surface area contributed by atoms with E-state index in [1.165, 1.54) is 54.4 Å². The maximum Gasteiger partial charge on any atom is 0.0991 e. The maximum atomic E-state index is 9.05. The fourth-order valence-corrected chi connectivity index (χ4v) is 3.51. The molecule has 0 N–H and O–H groups in total. The molecule has 3 rings (SSSR count). The van der Waals surface area contributed by atoms with Crippen molar-refractivity contribution in [3.63, 3.8) is 0 Å². The van der Waals surface area contributed by atoms with E-state index in [0.29, 0.717) is 5.56 Å². The van der Waals surface area contributed by atoms with E-state index < -0.39 is 0 Å². The van der Waals surface area contributed by atoms with Crippen molar-refractivity contribution in [3.05, 3.63) is 83.9 Å². The molecule has 0 fully saturated rings. The van der Waals surface area contributed by atoms with Crippen molar-refractivity contribution in [2.45, 2.75) is 45.4 Å². The van der Waals surface area contributed by atoms with Gasteiger partial charge in [0.1, 0.15) is 0 Å². The molecule has 0 radical (unpaired) electrons. The lowest BCUT2D eigenvalue weighted by Crippen LogP contribution is -1.91. The van der Waals surface area contributed by atoms with E-state index in [1.54, 1.807) is 0 Å². The van der Waals surface area contributed by atoms with Crippen LogP contribution in [0.3, 0.4) is 0 Å². The normalized spacial score (nSPS) is 10.5. The highest BCUT2D eigenvalue weighted by molar-refractivity contribution is 5.84. The first-order chi connectivity index (χ1) is 13.3. The van der Waals surface area contributed by atoms with Crippen molar-refractivity contribution in [1.82, 2.24) is 0 Å². The molecule has 0 amide bonds. The molecule has 1 nitrogen and oxygen atoms in total. The van der Waals surface area contributed by atoms with E-state index in [4.69, 9.17) is 5.26 Å². The van der Waals surface area contributed by atoms with Gasteiger partial charge in [-0.2, -0.15) is 5.26 Å². The zero-order valence-corrected chi connectivity index (χ0v) is 16.1. The first-order valence-corrected chi connectivity index (χ1v) is 10.0. The van der Waals surface area contributed by atoms with Crippen LogP contribution in [0, 0.1) is 11.3 Å². The number of unbranched alkanes of at least 4 members (excludes halogenated alkanes) is 4. The van der Waals surface area contributed by atoms with Gasteiger partial charge in [0.05, 0.1) is 11.6 Å². The van der Waals surface area contributed by atoms with E-state index in [0.717, 1.165) is 12.0 Å². The fourth-order valence-electron chi connectivity index (χ4n) is 3.51. The summed E-state index contributed by atoms with van der Waals surface area (Å²) in [5.74, 6) is 0. The van der Waals surface area contributed by atoms with Gasteiger partial charge in [0.15, 0.2) is 0 Å². The van der Waals surface area contributed by atoms with E-state index in [9.17, 15) is 0 Å². The maximum absolute atomic E-state index is 9.05. The van der Waals surface area contributed by atoms with Gasteiger partial charge in [-0.05, 0) is 52.8 Å². The van der Waals surface area contributed by atoms with Crippen LogP contribution in [0.5, 0.6) is 0 Å². The minimum absolute atomic E-state index is 0.698. The van der Waals surface area contributed by atoms with Gasteiger partial charge in [0.2, 0.25) is 0 Å². The molecule has 0 unspecified atom stereocenters. The van der Waals surface area contributed by atoms with Gasteiger partial charge in [-0.1, -0.05) is 93.3 Å². The average Bonchev–Trinajstić information content (AvgIpc) is 2.74. The number of hydrogen-bond donors (Lipinski definition) is 0. The Bertz CT molecular complexity index is 886. The minimum Gasteiger partial charge on any atom is -0.192 e. The molecule has 0 spiro atoms. The Balaban J connectivity index is 1.89. The monoisotopic (exact) mass is 353 g/mol. The highest BCUT2D eigenvalue weighted by atomic mass is 14.2. The van der Waals surface area contributed by atoms with Crippen molar-refractivity contribution < 1.29 is 0 Å². The van der Waals surface area contributed by atoms with Gasteiger partial charge in [0, 0.05) is 0 Å². The highest BCUT2D eigenvalue weighted by Crippen LogP contribution is 2.33. The molecular weight excluding hydrogens is 326 g/mol. The smallest absolute Gasteiger partial charge is 0.0991 e. The van der Waals surface area contributed by atoms with Crippen LogP contribution in [0.25, 0.3) is 22.3 Å². The van der Waals surface area contributed by atoms with Crippen molar-refractivity contribution in [2.24, 2.45) is 0 Å². The number of hydrogen-bond acceptors (Lipinski definition) is 1. The fraction of sp³-hybridized carbons (Fsp3) is 0.269. The van der Waals surface area contributed by atoms with Crippen LogP contribution in [-0.2, 0) is 6.42 Å². The Hall–Kier alpha value is -2.85. The van der Waals surface area contributed by atoms with Crippen LogP contribution in [0.4, 0.5) is 0 Å². The van der Waals surface area contributed by atoms with Gasteiger partial charge in [-0.15, -0.1) is 0 Å². The Morgan fingerprint density at radius 2 is 1.41 bits per heavy atom. The third-order valence-corrected chi connectivity index (χ3v) is 5.06. The standard InChI is InChI=1S/C26H27N/c1-2-3-4-5-7-10-21-15-18-25(24-16-13-22(20-27)14-17-24)26(19-21)23-11-8-6-9-12-23/h6,8-9,11-19H,2-5,7,10H2,1H3. The van der Waals surface area contributed by atoms with Crippen LogP contribution in [-0.4, -0.2) is 0 Å². The van der Waals surface area contributed by atoms with Crippen LogP contribution in [0.1, 0.15) is 50.2 Å². The first-order valence-electron chi connectivity index (χ1n) is 10.0. The topological polar surface area (TPSA) is 23.8 Å². The third-order valence-electron chi connectivity index (χ3n) is 5.06. The van der Waals surface area contributed by atoms with Crippen molar-refractivity contribution >= 4 is 0 Å². The number of nitriles is 1. The molecule has 0 bridgehead atoms. The lowest BCUT2D eigenvalue weighted by Gasteiger charge is -2.13. The molecular formula is C26H27N. The van der Waals surface area contributed by atoms with E-state index in [-0.39, 0.29) is 0 Å². The highest BCUT2D eigenvalue weighted by Gasteiger charge is 2.09. The Labute approximate surface area is 163 Å². The summed E-state index contributed by atoms with van der Waals surface area (Å²) >= 11 is 0. The van der Waals surface area contributed by atoms with Gasteiger partial charge < -0.3 is 0 Å². The zero-order chi connectivity index (χ0) is 18.9. The lowest BCUT2D eigenvalue weighted by atomic mass is 9.91. The largest absolute Gasteiger partial charge is 0.192 e. The van der Waals surface area contributed by atoms with Crippen molar-refractivity contribution in [1.29, 1.82) is 5.26 Å². The number of nitrogens with zero attached hydrogens (tertiary/aromatic N) is 1. The van der Waals surface area contributed by atoms with Crippen LogP contribution < -0.4 is 0 Å². The second kappa shape index (κ2) is 9.74. The van der Waals surface area contributed by atoms with E-state index >= 15 is 0 Å². The number of aryl methyl sites for hydroxylation is 1. The molecule has 0 saturated heterocycles. The zero-order valence-electron chi connectivity index (χ0n) is 16.1. The quantitative estimate of drug-likeness (QED) is 0.387. The summed E-state index contributed by atoms with van der Waals surface area (Å²) in [7, 11) is 0. The molecule has 0 heterocycles. The van der Waals surface area contributed by atoms with Gasteiger partial charge >= 0.3 is 0 Å². The van der Waals surface area contributed by atoms with E-state index in [2.05, 4.69) is 61.5 Å². The minimum atomic E-state index is 0.698. The Morgan fingerprint density at radius 3 is 2.11 bits per heavy atom. The summed E-state index contributed by atoms with van der Waals surface area (Å²) in [4.78, 5) is 0.